The summed E-state index contributed by atoms with van der Waals surface area (Å²) in [5.41, 5.74) is 1.93. The van der Waals surface area contributed by atoms with Crippen LogP contribution in [0.2, 0.25) is 0 Å². The van der Waals surface area contributed by atoms with E-state index in [1.807, 2.05) is 51.2 Å². The van der Waals surface area contributed by atoms with E-state index < -0.39 is 0 Å². The molecule has 0 aliphatic rings. The SMILES string of the molecule is C=CCCCN(C)C(=NC)NCc1cccc(NC(=O)C(C)CC)c1.I. The highest BCUT2D eigenvalue weighted by Gasteiger charge is 2.11. The average Bonchev–Trinajstić information content (AvgIpc) is 2.62. The van der Waals surface area contributed by atoms with E-state index in [9.17, 15) is 4.79 Å². The van der Waals surface area contributed by atoms with E-state index in [1.54, 1.807) is 7.05 Å². The van der Waals surface area contributed by atoms with Gasteiger partial charge < -0.3 is 15.5 Å². The molecule has 146 valence electrons. The second-order valence-electron chi connectivity index (χ2n) is 6.25. The molecule has 0 saturated heterocycles. The first kappa shape index (κ1) is 24.4. The van der Waals surface area contributed by atoms with Gasteiger partial charge in [-0.25, -0.2) is 0 Å². The predicted octanol–water partition coefficient (Wildman–Crippen LogP) is 4.26. The molecule has 1 aromatic carbocycles. The van der Waals surface area contributed by atoms with Gasteiger partial charge in [0.15, 0.2) is 5.96 Å². The largest absolute Gasteiger partial charge is 0.352 e. The van der Waals surface area contributed by atoms with Gasteiger partial charge >= 0.3 is 0 Å². The van der Waals surface area contributed by atoms with Crippen molar-refractivity contribution >= 4 is 41.5 Å². The first-order valence-electron chi connectivity index (χ1n) is 8.94. The molecule has 1 unspecified atom stereocenters. The zero-order valence-corrected chi connectivity index (χ0v) is 18.7. The van der Waals surface area contributed by atoms with Gasteiger partial charge in [0.2, 0.25) is 5.91 Å². The number of nitrogens with zero attached hydrogens (tertiary/aromatic N) is 2. The minimum Gasteiger partial charge on any atom is -0.352 e. The maximum atomic E-state index is 12.0. The van der Waals surface area contributed by atoms with Gasteiger partial charge in [-0.1, -0.05) is 32.1 Å². The predicted molar refractivity (Wildman–Crippen MR) is 122 cm³/mol. The molecule has 5 nitrogen and oxygen atoms in total. The van der Waals surface area contributed by atoms with E-state index in [4.69, 9.17) is 0 Å². The minimum absolute atomic E-state index is 0. The van der Waals surface area contributed by atoms with Crippen molar-refractivity contribution in [2.75, 3.05) is 26.0 Å². The Balaban J connectivity index is 0.00000625. The zero-order valence-electron chi connectivity index (χ0n) is 16.4. The topological polar surface area (TPSA) is 56.7 Å². The maximum Gasteiger partial charge on any atom is 0.227 e. The highest BCUT2D eigenvalue weighted by atomic mass is 127. The number of benzene rings is 1. The summed E-state index contributed by atoms with van der Waals surface area (Å²) in [6.45, 7) is 9.29. The zero-order chi connectivity index (χ0) is 18.7. The second-order valence-corrected chi connectivity index (χ2v) is 6.25. The van der Waals surface area contributed by atoms with Crippen LogP contribution in [0.15, 0.2) is 41.9 Å². The quantitative estimate of drug-likeness (QED) is 0.186. The molecule has 0 aliphatic carbocycles. The van der Waals surface area contributed by atoms with Gasteiger partial charge in [0.25, 0.3) is 0 Å². The van der Waals surface area contributed by atoms with Gasteiger partial charge in [-0.15, -0.1) is 30.6 Å². The van der Waals surface area contributed by atoms with Gasteiger partial charge in [0, 0.05) is 38.8 Å². The molecule has 1 atom stereocenters. The number of aliphatic imine (C=N–C) groups is 1. The van der Waals surface area contributed by atoms with E-state index >= 15 is 0 Å². The number of allylic oxidation sites excluding steroid dienone is 1. The molecule has 0 radical (unpaired) electrons. The lowest BCUT2D eigenvalue weighted by Crippen LogP contribution is -2.38. The smallest absolute Gasteiger partial charge is 0.227 e. The van der Waals surface area contributed by atoms with Crippen LogP contribution >= 0.6 is 24.0 Å². The van der Waals surface area contributed by atoms with Crippen LogP contribution in [-0.4, -0.2) is 37.4 Å². The van der Waals surface area contributed by atoms with Gasteiger partial charge in [-0.05, 0) is 37.0 Å². The van der Waals surface area contributed by atoms with Crippen molar-refractivity contribution in [2.45, 2.75) is 39.7 Å². The summed E-state index contributed by atoms with van der Waals surface area (Å²) in [6, 6.07) is 7.91. The third-order valence-electron chi connectivity index (χ3n) is 4.18. The van der Waals surface area contributed by atoms with Crippen LogP contribution in [0.1, 0.15) is 38.7 Å². The number of carbonyl (C=O) groups is 1. The Morgan fingerprint density at radius 2 is 2.15 bits per heavy atom. The minimum atomic E-state index is 0. The molecule has 6 heteroatoms. The fourth-order valence-corrected chi connectivity index (χ4v) is 2.35. The van der Waals surface area contributed by atoms with Crippen LogP contribution in [0.5, 0.6) is 0 Å². The third-order valence-corrected chi connectivity index (χ3v) is 4.18. The summed E-state index contributed by atoms with van der Waals surface area (Å²) in [4.78, 5) is 18.5. The third kappa shape index (κ3) is 8.69. The molecule has 0 aromatic heterocycles. The Labute approximate surface area is 175 Å². The highest BCUT2D eigenvalue weighted by molar-refractivity contribution is 14.0. The molecular formula is C20H33IN4O. The molecule has 26 heavy (non-hydrogen) atoms. The fraction of sp³-hybridized carbons (Fsp3) is 0.500. The lowest BCUT2D eigenvalue weighted by Gasteiger charge is -2.22. The van der Waals surface area contributed by atoms with Crippen molar-refractivity contribution < 1.29 is 4.79 Å². The van der Waals surface area contributed by atoms with Crippen LogP contribution in [0.3, 0.4) is 0 Å². The molecule has 1 rings (SSSR count). The maximum absolute atomic E-state index is 12.0. The average molecular weight is 472 g/mol. The van der Waals surface area contributed by atoms with Crippen molar-refractivity contribution in [1.82, 2.24) is 10.2 Å². The van der Waals surface area contributed by atoms with Crippen LogP contribution in [0.25, 0.3) is 0 Å². The number of nitrogens with one attached hydrogen (secondary N) is 2. The van der Waals surface area contributed by atoms with Crippen LogP contribution in [0, 0.1) is 5.92 Å². The Morgan fingerprint density at radius 3 is 2.77 bits per heavy atom. The highest BCUT2D eigenvalue weighted by Crippen LogP contribution is 2.13. The number of amides is 1. The Bertz CT molecular complexity index is 589. The molecule has 0 saturated carbocycles. The van der Waals surface area contributed by atoms with Crippen LogP contribution < -0.4 is 10.6 Å². The van der Waals surface area contributed by atoms with Gasteiger partial charge in [0.1, 0.15) is 0 Å². The number of carbonyl (C=O) groups excluding carboxylic acids is 1. The molecule has 0 spiro atoms. The fourth-order valence-electron chi connectivity index (χ4n) is 2.35. The van der Waals surface area contributed by atoms with E-state index in [2.05, 4.69) is 27.1 Å². The number of hydrogen-bond acceptors (Lipinski definition) is 2. The molecular weight excluding hydrogens is 439 g/mol. The lowest BCUT2D eigenvalue weighted by molar-refractivity contribution is -0.119. The van der Waals surface area contributed by atoms with E-state index in [1.165, 1.54) is 0 Å². The van der Waals surface area contributed by atoms with Crippen molar-refractivity contribution in [1.29, 1.82) is 0 Å². The first-order chi connectivity index (χ1) is 12.0. The van der Waals surface area contributed by atoms with Crippen molar-refractivity contribution in [2.24, 2.45) is 10.9 Å². The molecule has 0 bridgehead atoms. The summed E-state index contributed by atoms with van der Waals surface area (Å²) in [5, 5.41) is 6.34. The summed E-state index contributed by atoms with van der Waals surface area (Å²) < 4.78 is 0. The molecule has 1 aromatic rings. The lowest BCUT2D eigenvalue weighted by atomic mass is 10.1. The molecule has 0 heterocycles. The van der Waals surface area contributed by atoms with Crippen LogP contribution in [-0.2, 0) is 11.3 Å². The standard InChI is InChI=1S/C20H32N4O.HI/c1-6-8-9-13-24(5)20(21-4)22-15-17-11-10-12-18(14-17)23-19(25)16(3)7-2;/h6,10-12,14,16H,1,7-9,13,15H2,2-5H3,(H,21,22)(H,23,25);1H. The van der Waals surface area contributed by atoms with E-state index in [0.717, 1.165) is 43.0 Å². The summed E-state index contributed by atoms with van der Waals surface area (Å²) in [6.07, 6.45) is 4.82. The molecule has 0 fully saturated rings. The normalized spacial score (nSPS) is 11.9. The van der Waals surface area contributed by atoms with Gasteiger partial charge in [-0.3, -0.25) is 9.79 Å². The number of rotatable bonds is 9. The van der Waals surface area contributed by atoms with E-state index in [-0.39, 0.29) is 35.8 Å². The molecule has 2 N–H and O–H groups in total. The summed E-state index contributed by atoms with van der Waals surface area (Å²) in [7, 11) is 3.82. The number of unbranched alkanes of at least 4 members (excludes halogenated alkanes) is 1. The first-order valence-corrected chi connectivity index (χ1v) is 8.94. The van der Waals surface area contributed by atoms with Gasteiger partial charge in [0.05, 0.1) is 0 Å². The molecule has 1 amide bonds. The summed E-state index contributed by atoms with van der Waals surface area (Å²) >= 11 is 0. The number of halogens is 1. The number of anilines is 1. The Kier molecular flexibility index (Phi) is 12.8. The summed E-state index contributed by atoms with van der Waals surface area (Å²) in [5.74, 6) is 0.938. The van der Waals surface area contributed by atoms with E-state index in [0.29, 0.717) is 6.54 Å². The Morgan fingerprint density at radius 1 is 1.42 bits per heavy atom. The van der Waals surface area contributed by atoms with Crippen LogP contribution in [0.4, 0.5) is 5.69 Å². The molecule has 0 aliphatic heterocycles. The van der Waals surface area contributed by atoms with Gasteiger partial charge in [-0.2, -0.15) is 0 Å². The second kappa shape index (κ2) is 13.6. The number of guanidine groups is 1. The Hall–Kier alpha value is -1.57. The van der Waals surface area contributed by atoms with Crippen molar-refractivity contribution in [3.63, 3.8) is 0 Å². The van der Waals surface area contributed by atoms with Crippen molar-refractivity contribution in [3.05, 3.63) is 42.5 Å². The number of hydrogen-bond donors (Lipinski definition) is 2. The monoisotopic (exact) mass is 472 g/mol. The van der Waals surface area contributed by atoms with Crippen molar-refractivity contribution in [3.8, 4) is 0 Å².